The van der Waals surface area contributed by atoms with Crippen molar-refractivity contribution in [1.29, 1.82) is 0 Å². The number of rotatable bonds is 4. The van der Waals surface area contributed by atoms with E-state index in [9.17, 15) is 5.11 Å². The van der Waals surface area contributed by atoms with Gasteiger partial charge in [-0.2, -0.15) is 0 Å². The number of benzene rings is 1. The van der Waals surface area contributed by atoms with E-state index in [0.717, 1.165) is 15.4 Å². The SMILES string of the molecule is O[C@@H](c1ccc(Cl)cc1)c1nc(-c2ccncc2)sc1-c1nnc[nH]1. The second kappa shape index (κ2) is 6.72. The van der Waals surface area contributed by atoms with Gasteiger partial charge in [-0.15, -0.1) is 21.5 Å². The predicted octanol–water partition coefficient (Wildman–Crippen LogP) is 3.73. The normalized spacial score (nSPS) is 12.2. The van der Waals surface area contributed by atoms with Crippen molar-refractivity contribution in [1.82, 2.24) is 25.1 Å². The fourth-order valence-corrected chi connectivity index (χ4v) is 3.60. The molecule has 3 heterocycles. The van der Waals surface area contributed by atoms with Gasteiger partial charge < -0.3 is 10.1 Å². The van der Waals surface area contributed by atoms with Gasteiger partial charge in [0, 0.05) is 23.0 Å². The Morgan fingerprint density at radius 1 is 1.08 bits per heavy atom. The lowest BCUT2D eigenvalue weighted by molar-refractivity contribution is 0.216. The second-order valence-corrected chi connectivity index (χ2v) is 6.70. The van der Waals surface area contributed by atoms with Gasteiger partial charge in [0.1, 0.15) is 17.4 Å². The summed E-state index contributed by atoms with van der Waals surface area (Å²) in [5, 5.41) is 20.1. The summed E-state index contributed by atoms with van der Waals surface area (Å²) >= 11 is 7.37. The summed E-state index contributed by atoms with van der Waals surface area (Å²) < 4.78 is 0. The minimum atomic E-state index is -0.899. The second-order valence-electron chi connectivity index (χ2n) is 5.26. The number of pyridine rings is 1. The molecular formula is C17H12ClN5OS. The molecular weight excluding hydrogens is 358 g/mol. The maximum absolute atomic E-state index is 10.8. The fourth-order valence-electron chi connectivity index (χ4n) is 2.42. The summed E-state index contributed by atoms with van der Waals surface area (Å²) in [6, 6.07) is 10.8. The highest BCUT2D eigenvalue weighted by atomic mass is 35.5. The molecule has 1 aromatic carbocycles. The van der Waals surface area contributed by atoms with Gasteiger partial charge in [-0.05, 0) is 29.8 Å². The first-order valence-electron chi connectivity index (χ1n) is 7.43. The summed E-state index contributed by atoms with van der Waals surface area (Å²) in [5.74, 6) is 0.570. The van der Waals surface area contributed by atoms with E-state index in [4.69, 9.17) is 11.6 Å². The van der Waals surface area contributed by atoms with Crippen molar-refractivity contribution >= 4 is 22.9 Å². The molecule has 0 bridgehead atoms. The topological polar surface area (TPSA) is 87.6 Å². The minimum Gasteiger partial charge on any atom is -0.382 e. The van der Waals surface area contributed by atoms with Crippen LogP contribution in [0.25, 0.3) is 21.3 Å². The number of hydrogen-bond acceptors (Lipinski definition) is 6. The van der Waals surface area contributed by atoms with Gasteiger partial charge in [0.2, 0.25) is 0 Å². The van der Waals surface area contributed by atoms with E-state index < -0.39 is 6.10 Å². The average molecular weight is 370 g/mol. The van der Waals surface area contributed by atoms with Crippen molar-refractivity contribution < 1.29 is 5.11 Å². The van der Waals surface area contributed by atoms with E-state index in [2.05, 4.69) is 25.1 Å². The molecule has 124 valence electrons. The molecule has 1 atom stereocenters. The number of aromatic nitrogens is 5. The zero-order valence-electron chi connectivity index (χ0n) is 12.8. The lowest BCUT2D eigenvalue weighted by Gasteiger charge is -2.10. The first-order chi connectivity index (χ1) is 12.2. The molecule has 0 saturated carbocycles. The Balaban J connectivity index is 1.82. The van der Waals surface area contributed by atoms with Crippen LogP contribution in [0, 0.1) is 0 Å². The van der Waals surface area contributed by atoms with Crippen molar-refractivity contribution in [2.75, 3.05) is 0 Å². The van der Waals surface area contributed by atoms with Crippen LogP contribution in [-0.4, -0.2) is 30.3 Å². The van der Waals surface area contributed by atoms with Gasteiger partial charge in [0.25, 0.3) is 0 Å². The Labute approximate surface area is 152 Å². The summed E-state index contributed by atoms with van der Waals surface area (Å²) in [5.41, 5.74) is 2.16. The molecule has 2 N–H and O–H groups in total. The van der Waals surface area contributed by atoms with Crippen molar-refractivity contribution in [2.45, 2.75) is 6.10 Å². The molecule has 3 aromatic heterocycles. The van der Waals surface area contributed by atoms with Crippen molar-refractivity contribution in [2.24, 2.45) is 0 Å². The predicted molar refractivity (Wildman–Crippen MR) is 96.2 cm³/mol. The van der Waals surface area contributed by atoms with E-state index in [1.807, 2.05) is 12.1 Å². The van der Waals surface area contributed by atoms with Gasteiger partial charge in [-0.3, -0.25) is 4.98 Å². The molecule has 4 rings (SSSR count). The van der Waals surface area contributed by atoms with Crippen LogP contribution in [0.2, 0.25) is 5.02 Å². The third kappa shape index (κ3) is 3.17. The molecule has 8 heteroatoms. The molecule has 0 aliphatic rings. The molecule has 0 unspecified atom stereocenters. The number of aliphatic hydroxyl groups is 1. The van der Waals surface area contributed by atoms with Crippen molar-refractivity contribution in [3.8, 4) is 21.3 Å². The fraction of sp³-hybridized carbons (Fsp3) is 0.0588. The van der Waals surface area contributed by atoms with Crippen molar-refractivity contribution in [3.63, 3.8) is 0 Å². The lowest BCUT2D eigenvalue weighted by Crippen LogP contribution is -2.02. The first-order valence-corrected chi connectivity index (χ1v) is 8.63. The number of aliphatic hydroxyl groups excluding tert-OH is 1. The summed E-state index contributed by atoms with van der Waals surface area (Å²) in [7, 11) is 0. The number of halogens is 1. The molecule has 0 fully saturated rings. The van der Waals surface area contributed by atoms with E-state index >= 15 is 0 Å². The summed E-state index contributed by atoms with van der Waals surface area (Å²) in [6.45, 7) is 0. The van der Waals surface area contributed by atoms with Crippen LogP contribution in [-0.2, 0) is 0 Å². The van der Waals surface area contributed by atoms with Crippen LogP contribution in [0.5, 0.6) is 0 Å². The highest BCUT2D eigenvalue weighted by molar-refractivity contribution is 7.18. The molecule has 4 aromatic rings. The Hall–Kier alpha value is -2.61. The standard InChI is InChI=1S/C17H12ClN5OS/c18-12-3-1-10(2-4-12)14(24)13-15(16-20-9-21-23-16)25-17(22-13)11-5-7-19-8-6-11/h1-9,14,24H,(H,20,21,23)/t14-/m0/s1. The van der Waals surface area contributed by atoms with Gasteiger partial charge in [-0.25, -0.2) is 4.98 Å². The highest BCUT2D eigenvalue weighted by Gasteiger charge is 2.23. The Morgan fingerprint density at radius 2 is 1.84 bits per heavy atom. The number of nitrogens with one attached hydrogen (secondary N) is 1. The molecule has 6 nitrogen and oxygen atoms in total. The van der Waals surface area contributed by atoms with Crippen LogP contribution in [0.3, 0.4) is 0 Å². The van der Waals surface area contributed by atoms with Crippen LogP contribution in [0.1, 0.15) is 17.4 Å². The van der Waals surface area contributed by atoms with E-state index in [0.29, 0.717) is 22.1 Å². The number of thiazole rings is 1. The number of aromatic amines is 1. The molecule has 0 aliphatic carbocycles. The Kier molecular flexibility index (Phi) is 4.27. The monoisotopic (exact) mass is 369 g/mol. The zero-order valence-corrected chi connectivity index (χ0v) is 14.4. The van der Waals surface area contributed by atoms with Crippen LogP contribution < -0.4 is 0 Å². The molecule has 0 saturated heterocycles. The average Bonchev–Trinajstić information content (AvgIpc) is 3.32. The van der Waals surface area contributed by atoms with Gasteiger partial charge in [0.15, 0.2) is 5.82 Å². The van der Waals surface area contributed by atoms with Crippen molar-refractivity contribution in [3.05, 3.63) is 71.4 Å². The molecule has 0 spiro atoms. The zero-order chi connectivity index (χ0) is 17.2. The largest absolute Gasteiger partial charge is 0.382 e. The third-order valence-corrected chi connectivity index (χ3v) is 5.04. The van der Waals surface area contributed by atoms with E-state index in [-0.39, 0.29) is 0 Å². The number of hydrogen-bond donors (Lipinski definition) is 2. The Morgan fingerprint density at radius 3 is 2.52 bits per heavy atom. The number of H-pyrrole nitrogens is 1. The summed E-state index contributed by atoms with van der Waals surface area (Å²) in [4.78, 5) is 12.4. The van der Waals surface area contributed by atoms with Crippen LogP contribution in [0.4, 0.5) is 0 Å². The van der Waals surface area contributed by atoms with Gasteiger partial charge >= 0.3 is 0 Å². The van der Waals surface area contributed by atoms with Gasteiger partial charge in [0.05, 0.1) is 10.6 Å². The minimum absolute atomic E-state index is 0.524. The van der Waals surface area contributed by atoms with Gasteiger partial charge in [-0.1, -0.05) is 23.7 Å². The highest BCUT2D eigenvalue weighted by Crippen LogP contribution is 2.38. The van der Waals surface area contributed by atoms with E-state index in [1.165, 1.54) is 17.7 Å². The molecule has 0 aliphatic heterocycles. The lowest BCUT2D eigenvalue weighted by atomic mass is 10.1. The van der Waals surface area contributed by atoms with Crippen LogP contribution in [0.15, 0.2) is 55.1 Å². The molecule has 0 amide bonds. The first kappa shape index (κ1) is 15.9. The number of nitrogens with zero attached hydrogens (tertiary/aromatic N) is 4. The maximum atomic E-state index is 10.8. The summed E-state index contributed by atoms with van der Waals surface area (Å²) in [6.07, 6.45) is 4.02. The maximum Gasteiger partial charge on any atom is 0.173 e. The Bertz CT molecular complexity index is 970. The third-order valence-electron chi connectivity index (χ3n) is 3.66. The molecule has 0 radical (unpaired) electrons. The van der Waals surface area contributed by atoms with Crippen LogP contribution >= 0.6 is 22.9 Å². The van der Waals surface area contributed by atoms with E-state index in [1.54, 1.807) is 36.7 Å². The smallest absolute Gasteiger partial charge is 0.173 e. The quantitative estimate of drug-likeness (QED) is 0.572. The molecule has 25 heavy (non-hydrogen) atoms.